The van der Waals surface area contributed by atoms with Gasteiger partial charge in [-0.3, -0.25) is 9.36 Å². The van der Waals surface area contributed by atoms with Crippen molar-refractivity contribution in [3.05, 3.63) is 53.6 Å². The predicted molar refractivity (Wildman–Crippen MR) is 112 cm³/mol. The van der Waals surface area contributed by atoms with Crippen LogP contribution in [0.2, 0.25) is 5.02 Å². The quantitative estimate of drug-likeness (QED) is 0.584. The SMILES string of the molecule is COc1ccc(-c2nnc(SCC(=O)NC(C)C)n2-c2ccc(Cl)cc2)cc1. The zero-order chi connectivity index (χ0) is 20.1. The molecule has 0 saturated carbocycles. The number of aromatic nitrogens is 3. The Labute approximate surface area is 173 Å². The van der Waals surface area contributed by atoms with E-state index in [0.717, 1.165) is 17.0 Å². The van der Waals surface area contributed by atoms with E-state index in [0.29, 0.717) is 16.0 Å². The lowest BCUT2D eigenvalue weighted by molar-refractivity contribution is -0.119. The van der Waals surface area contributed by atoms with Gasteiger partial charge in [-0.1, -0.05) is 23.4 Å². The van der Waals surface area contributed by atoms with E-state index in [1.807, 2.05) is 66.9 Å². The standard InChI is InChI=1S/C20H21ClN4O2S/c1-13(2)22-18(26)12-28-20-24-23-19(14-4-10-17(27-3)11-5-14)25(20)16-8-6-15(21)7-9-16/h4-11,13H,12H2,1-3H3,(H,22,26). The van der Waals surface area contributed by atoms with Crippen molar-refractivity contribution in [2.24, 2.45) is 0 Å². The molecule has 2 aromatic carbocycles. The van der Waals surface area contributed by atoms with Crippen LogP contribution in [-0.2, 0) is 4.79 Å². The molecular formula is C20H21ClN4O2S. The van der Waals surface area contributed by atoms with E-state index in [2.05, 4.69) is 15.5 Å². The summed E-state index contributed by atoms with van der Waals surface area (Å²) in [6, 6.07) is 15.1. The normalized spacial score (nSPS) is 10.9. The molecule has 1 heterocycles. The number of benzene rings is 2. The van der Waals surface area contributed by atoms with E-state index in [9.17, 15) is 4.79 Å². The minimum absolute atomic E-state index is 0.0448. The summed E-state index contributed by atoms with van der Waals surface area (Å²) >= 11 is 7.38. The summed E-state index contributed by atoms with van der Waals surface area (Å²) < 4.78 is 7.15. The van der Waals surface area contributed by atoms with Crippen molar-refractivity contribution in [2.45, 2.75) is 25.0 Å². The second-order valence-electron chi connectivity index (χ2n) is 6.36. The number of rotatable bonds is 7. The number of methoxy groups -OCH3 is 1. The highest BCUT2D eigenvalue weighted by atomic mass is 35.5. The summed E-state index contributed by atoms with van der Waals surface area (Å²) in [5.74, 6) is 1.65. The number of ether oxygens (including phenoxy) is 1. The lowest BCUT2D eigenvalue weighted by Crippen LogP contribution is -2.31. The van der Waals surface area contributed by atoms with Crippen LogP contribution in [-0.4, -0.2) is 39.6 Å². The van der Waals surface area contributed by atoms with Crippen molar-refractivity contribution >= 4 is 29.3 Å². The number of carbonyl (C=O) groups excluding carboxylic acids is 1. The Morgan fingerprint density at radius 1 is 1.14 bits per heavy atom. The first-order valence-electron chi connectivity index (χ1n) is 8.76. The molecule has 3 aromatic rings. The van der Waals surface area contributed by atoms with Crippen LogP contribution in [0.15, 0.2) is 53.7 Å². The Morgan fingerprint density at radius 2 is 1.82 bits per heavy atom. The molecule has 146 valence electrons. The zero-order valence-electron chi connectivity index (χ0n) is 15.8. The molecule has 8 heteroatoms. The Kier molecular flexibility index (Phi) is 6.59. The average molecular weight is 417 g/mol. The third-order valence-electron chi connectivity index (χ3n) is 3.85. The summed E-state index contributed by atoms with van der Waals surface area (Å²) in [5, 5.41) is 12.8. The van der Waals surface area contributed by atoms with Gasteiger partial charge in [0.15, 0.2) is 11.0 Å². The molecule has 0 atom stereocenters. The van der Waals surface area contributed by atoms with E-state index >= 15 is 0 Å². The van der Waals surface area contributed by atoms with Gasteiger partial charge < -0.3 is 10.1 Å². The summed E-state index contributed by atoms with van der Waals surface area (Å²) in [4.78, 5) is 12.0. The van der Waals surface area contributed by atoms with Crippen molar-refractivity contribution in [1.29, 1.82) is 0 Å². The van der Waals surface area contributed by atoms with Crippen LogP contribution < -0.4 is 10.1 Å². The Morgan fingerprint density at radius 3 is 2.43 bits per heavy atom. The summed E-state index contributed by atoms with van der Waals surface area (Å²) in [5.41, 5.74) is 1.76. The topological polar surface area (TPSA) is 69.0 Å². The lowest BCUT2D eigenvalue weighted by atomic mass is 10.2. The van der Waals surface area contributed by atoms with Gasteiger partial charge in [0.05, 0.1) is 12.9 Å². The van der Waals surface area contributed by atoms with Gasteiger partial charge in [0.2, 0.25) is 5.91 Å². The predicted octanol–water partition coefficient (Wildman–Crippen LogP) is 4.21. The number of hydrogen-bond donors (Lipinski definition) is 1. The van der Waals surface area contributed by atoms with Gasteiger partial charge in [-0.15, -0.1) is 10.2 Å². The van der Waals surface area contributed by atoms with Gasteiger partial charge in [-0.25, -0.2) is 0 Å². The fourth-order valence-electron chi connectivity index (χ4n) is 2.61. The van der Waals surface area contributed by atoms with Crippen LogP contribution in [0.1, 0.15) is 13.8 Å². The molecule has 0 aliphatic rings. The van der Waals surface area contributed by atoms with Crippen molar-refractivity contribution in [3.63, 3.8) is 0 Å². The third kappa shape index (κ3) is 4.85. The molecule has 3 rings (SSSR count). The van der Waals surface area contributed by atoms with Gasteiger partial charge in [-0.2, -0.15) is 0 Å². The van der Waals surface area contributed by atoms with Crippen LogP contribution >= 0.6 is 23.4 Å². The number of halogens is 1. The second-order valence-corrected chi connectivity index (χ2v) is 7.74. The number of thioether (sulfide) groups is 1. The second kappa shape index (κ2) is 9.12. The van der Waals surface area contributed by atoms with Crippen LogP contribution in [0.3, 0.4) is 0 Å². The van der Waals surface area contributed by atoms with E-state index in [1.165, 1.54) is 11.8 Å². The third-order valence-corrected chi connectivity index (χ3v) is 5.03. The summed E-state index contributed by atoms with van der Waals surface area (Å²) in [7, 11) is 1.63. The molecule has 0 fully saturated rings. The molecule has 0 spiro atoms. The Balaban J connectivity index is 1.96. The summed E-state index contributed by atoms with van der Waals surface area (Å²) in [6.07, 6.45) is 0. The molecule has 28 heavy (non-hydrogen) atoms. The number of hydrogen-bond acceptors (Lipinski definition) is 5. The van der Waals surface area contributed by atoms with Crippen LogP contribution in [0, 0.1) is 0 Å². The Bertz CT molecular complexity index is 940. The highest BCUT2D eigenvalue weighted by Crippen LogP contribution is 2.29. The fraction of sp³-hybridized carbons (Fsp3) is 0.250. The molecule has 0 radical (unpaired) electrons. The zero-order valence-corrected chi connectivity index (χ0v) is 17.4. The highest BCUT2D eigenvalue weighted by molar-refractivity contribution is 7.99. The van der Waals surface area contributed by atoms with Crippen molar-refractivity contribution in [2.75, 3.05) is 12.9 Å². The van der Waals surface area contributed by atoms with Gasteiger partial charge in [0.25, 0.3) is 0 Å². The maximum Gasteiger partial charge on any atom is 0.230 e. The number of nitrogens with one attached hydrogen (secondary N) is 1. The number of carbonyl (C=O) groups is 1. The van der Waals surface area contributed by atoms with Gasteiger partial charge in [0, 0.05) is 22.3 Å². The van der Waals surface area contributed by atoms with Gasteiger partial charge >= 0.3 is 0 Å². The number of amides is 1. The highest BCUT2D eigenvalue weighted by Gasteiger charge is 2.17. The maximum absolute atomic E-state index is 12.0. The lowest BCUT2D eigenvalue weighted by Gasteiger charge is -2.11. The molecule has 0 saturated heterocycles. The van der Waals surface area contributed by atoms with E-state index in [1.54, 1.807) is 7.11 Å². The molecule has 0 aliphatic carbocycles. The minimum Gasteiger partial charge on any atom is -0.497 e. The molecule has 1 amide bonds. The molecule has 0 bridgehead atoms. The monoisotopic (exact) mass is 416 g/mol. The first-order valence-corrected chi connectivity index (χ1v) is 10.1. The molecular weight excluding hydrogens is 396 g/mol. The van der Waals surface area contributed by atoms with Gasteiger partial charge in [0.1, 0.15) is 5.75 Å². The van der Waals surface area contributed by atoms with E-state index in [4.69, 9.17) is 16.3 Å². The van der Waals surface area contributed by atoms with E-state index < -0.39 is 0 Å². The average Bonchev–Trinajstić information content (AvgIpc) is 3.10. The largest absolute Gasteiger partial charge is 0.497 e. The molecule has 0 unspecified atom stereocenters. The van der Waals surface area contributed by atoms with Crippen molar-refractivity contribution in [1.82, 2.24) is 20.1 Å². The minimum atomic E-state index is -0.0448. The Hall–Kier alpha value is -2.51. The molecule has 1 N–H and O–H groups in total. The molecule has 1 aromatic heterocycles. The number of nitrogens with zero attached hydrogens (tertiary/aromatic N) is 3. The van der Waals surface area contributed by atoms with Gasteiger partial charge in [-0.05, 0) is 62.4 Å². The molecule has 6 nitrogen and oxygen atoms in total. The summed E-state index contributed by atoms with van der Waals surface area (Å²) in [6.45, 7) is 3.86. The van der Waals surface area contributed by atoms with Crippen molar-refractivity contribution in [3.8, 4) is 22.8 Å². The van der Waals surface area contributed by atoms with Crippen LogP contribution in [0.4, 0.5) is 0 Å². The van der Waals surface area contributed by atoms with Crippen molar-refractivity contribution < 1.29 is 9.53 Å². The molecule has 0 aliphatic heterocycles. The van der Waals surface area contributed by atoms with Crippen LogP contribution in [0.5, 0.6) is 5.75 Å². The maximum atomic E-state index is 12.0. The smallest absolute Gasteiger partial charge is 0.230 e. The first-order chi connectivity index (χ1) is 13.5. The fourth-order valence-corrected chi connectivity index (χ4v) is 3.50. The van der Waals surface area contributed by atoms with E-state index in [-0.39, 0.29) is 17.7 Å². The van der Waals surface area contributed by atoms with Crippen LogP contribution in [0.25, 0.3) is 17.1 Å². The first kappa shape index (κ1) is 20.2.